The average molecular weight is 463 g/mol. The number of carbonyl (C=O) groups is 1. The van der Waals surface area contributed by atoms with E-state index in [1.54, 1.807) is 0 Å². The van der Waals surface area contributed by atoms with Crippen molar-refractivity contribution >= 4 is 34.4 Å². The number of nitrogens with one attached hydrogen (secondary N) is 2. The number of hydrogen-bond acceptors (Lipinski definition) is 6. The molecule has 2 aromatic rings. The Bertz CT molecular complexity index is 1110. The van der Waals surface area contributed by atoms with E-state index in [0.717, 1.165) is 36.9 Å². The summed E-state index contributed by atoms with van der Waals surface area (Å²) in [6.07, 6.45) is 1.67. The lowest BCUT2D eigenvalue weighted by atomic mass is 10.0. The molecule has 1 aliphatic rings. The fraction of sp³-hybridized carbons (Fsp3) is 0.238. The van der Waals surface area contributed by atoms with Crippen LogP contribution in [0.2, 0.25) is 5.15 Å². The third-order valence-electron chi connectivity index (χ3n) is 4.18. The Morgan fingerprint density at radius 3 is 2.74 bits per heavy atom. The molecule has 0 saturated heterocycles. The second-order valence-electron chi connectivity index (χ2n) is 6.51. The van der Waals surface area contributed by atoms with Crippen molar-refractivity contribution in [2.24, 2.45) is 5.92 Å². The topological polar surface area (TPSA) is 88.0 Å². The molecule has 0 aliphatic heterocycles. The van der Waals surface area contributed by atoms with Gasteiger partial charge in [0.1, 0.15) is 16.6 Å². The van der Waals surface area contributed by atoms with Crippen LogP contribution in [0.1, 0.15) is 35.3 Å². The number of amides is 1. The molecule has 2 N–H and O–H groups in total. The van der Waals surface area contributed by atoms with Crippen LogP contribution < -0.4 is 10.1 Å². The van der Waals surface area contributed by atoms with E-state index in [4.69, 9.17) is 21.7 Å². The maximum atomic E-state index is 13.2. The summed E-state index contributed by atoms with van der Waals surface area (Å²) in [5, 5.41) is 10.3. The molecule has 1 amide bonds. The molecule has 6 nitrogen and oxygen atoms in total. The summed E-state index contributed by atoms with van der Waals surface area (Å²) in [7, 11) is 1.35. The van der Waals surface area contributed by atoms with Gasteiger partial charge in [-0.3, -0.25) is 15.2 Å². The summed E-state index contributed by atoms with van der Waals surface area (Å²) >= 11 is 6.90. The predicted molar refractivity (Wildman–Crippen MR) is 116 cm³/mol. The minimum atomic E-state index is -2.81. The van der Waals surface area contributed by atoms with Crippen LogP contribution in [-0.4, -0.2) is 28.2 Å². The van der Waals surface area contributed by atoms with Crippen LogP contribution in [0.5, 0.6) is 5.75 Å². The number of halogens is 3. The lowest BCUT2D eigenvalue weighted by Crippen LogP contribution is -2.28. The monoisotopic (exact) mass is 462 g/mol. The van der Waals surface area contributed by atoms with Crippen molar-refractivity contribution in [2.75, 3.05) is 7.11 Å². The zero-order valence-corrected chi connectivity index (χ0v) is 17.9. The van der Waals surface area contributed by atoms with Crippen LogP contribution in [0, 0.1) is 23.2 Å². The second-order valence-corrected chi connectivity index (χ2v) is 8.01. The minimum Gasteiger partial charge on any atom is -0.494 e. The zero-order chi connectivity index (χ0) is 22.5. The maximum Gasteiger partial charge on any atom is 0.280 e. The van der Waals surface area contributed by atoms with Crippen molar-refractivity contribution in [1.82, 2.24) is 15.3 Å². The number of nitrogens with zero attached hydrogens (tertiary/aromatic N) is 2. The van der Waals surface area contributed by atoms with Gasteiger partial charge in [-0.1, -0.05) is 30.0 Å². The molecule has 2 aromatic heterocycles. The molecule has 1 saturated carbocycles. The molecule has 0 spiro atoms. The molecule has 0 radical (unpaired) electrons. The molecule has 0 atom stereocenters. The minimum absolute atomic E-state index is 0.0224. The third-order valence-corrected chi connectivity index (χ3v) is 5.04. The normalized spacial score (nSPS) is 12.7. The molecular formula is C21H17ClF2N4O2S. The van der Waals surface area contributed by atoms with E-state index < -0.39 is 18.0 Å². The van der Waals surface area contributed by atoms with Gasteiger partial charge in [-0.25, -0.2) is 13.8 Å². The SMILES string of the molecule is C=C(C#CC1CC1)SC(=N)NC(=O)c1cnc(Cl)cc1-c1cc(C(F)F)ncc1OC. The van der Waals surface area contributed by atoms with Gasteiger partial charge in [0.05, 0.1) is 23.8 Å². The predicted octanol–water partition coefficient (Wildman–Crippen LogP) is 5.07. The van der Waals surface area contributed by atoms with Gasteiger partial charge in [-0.2, -0.15) is 0 Å². The Hall–Kier alpha value is -2.96. The molecule has 160 valence electrons. The fourth-order valence-electron chi connectivity index (χ4n) is 2.54. The fourth-order valence-corrected chi connectivity index (χ4v) is 3.20. The number of aromatic nitrogens is 2. The number of allylic oxidation sites excluding steroid dienone is 1. The Morgan fingerprint density at radius 1 is 1.35 bits per heavy atom. The number of pyridine rings is 2. The van der Waals surface area contributed by atoms with Crippen LogP contribution in [0.3, 0.4) is 0 Å². The number of thioether (sulfide) groups is 1. The molecule has 31 heavy (non-hydrogen) atoms. The molecular weight excluding hydrogens is 446 g/mol. The average Bonchev–Trinajstić information content (AvgIpc) is 3.56. The highest BCUT2D eigenvalue weighted by Gasteiger charge is 2.21. The molecule has 2 heterocycles. The van der Waals surface area contributed by atoms with Crippen molar-refractivity contribution in [3.8, 4) is 28.7 Å². The summed E-state index contributed by atoms with van der Waals surface area (Å²) in [5.74, 6) is 5.78. The van der Waals surface area contributed by atoms with Crippen LogP contribution in [0.15, 0.2) is 36.0 Å². The van der Waals surface area contributed by atoms with Crippen molar-refractivity contribution < 1.29 is 18.3 Å². The number of alkyl halides is 2. The maximum absolute atomic E-state index is 13.2. The number of methoxy groups -OCH3 is 1. The van der Waals surface area contributed by atoms with E-state index in [0.29, 0.717) is 10.8 Å². The zero-order valence-electron chi connectivity index (χ0n) is 16.3. The second kappa shape index (κ2) is 9.90. The van der Waals surface area contributed by atoms with Gasteiger partial charge in [0.25, 0.3) is 12.3 Å². The van der Waals surface area contributed by atoms with Crippen LogP contribution >= 0.6 is 23.4 Å². The lowest BCUT2D eigenvalue weighted by molar-refractivity contribution is 0.0978. The Kier molecular flexibility index (Phi) is 7.25. The molecule has 0 bridgehead atoms. The van der Waals surface area contributed by atoms with Gasteiger partial charge in [0.2, 0.25) is 0 Å². The lowest BCUT2D eigenvalue weighted by Gasteiger charge is -2.14. The molecule has 1 aliphatic carbocycles. The Morgan fingerprint density at radius 2 is 2.10 bits per heavy atom. The number of ether oxygens (including phenoxy) is 1. The van der Waals surface area contributed by atoms with E-state index in [9.17, 15) is 13.6 Å². The van der Waals surface area contributed by atoms with Gasteiger partial charge in [-0.05, 0) is 36.7 Å². The standard InChI is InChI=1S/C21H17ClF2N4O2S/c1-11(3-4-12-5-6-12)31-21(25)28-20(29)15-9-27-18(22)8-13(15)14-7-16(19(23)24)26-10-17(14)30-2/h7-10,12,19H,1,5-6H2,2H3,(H2,25,28,29). The summed E-state index contributed by atoms with van der Waals surface area (Å²) in [6.45, 7) is 3.77. The summed E-state index contributed by atoms with van der Waals surface area (Å²) in [5.41, 5.74) is -0.0528. The van der Waals surface area contributed by atoms with E-state index in [2.05, 4.69) is 33.7 Å². The molecule has 0 aromatic carbocycles. The van der Waals surface area contributed by atoms with Crippen LogP contribution in [0.4, 0.5) is 8.78 Å². The van der Waals surface area contributed by atoms with Gasteiger partial charge in [0.15, 0.2) is 5.17 Å². The summed E-state index contributed by atoms with van der Waals surface area (Å²) in [6, 6.07) is 2.49. The van der Waals surface area contributed by atoms with E-state index in [-0.39, 0.29) is 32.8 Å². The number of rotatable bonds is 5. The number of hydrogen-bond donors (Lipinski definition) is 2. The van der Waals surface area contributed by atoms with Crippen molar-refractivity contribution in [3.05, 3.63) is 52.4 Å². The van der Waals surface area contributed by atoms with E-state index in [1.807, 2.05) is 0 Å². The first-order valence-corrected chi connectivity index (χ1v) is 10.2. The first-order valence-electron chi connectivity index (χ1n) is 9.04. The Balaban J connectivity index is 1.87. The van der Waals surface area contributed by atoms with Gasteiger partial charge in [-0.15, -0.1) is 0 Å². The highest BCUT2D eigenvalue weighted by atomic mass is 35.5. The first kappa shape index (κ1) is 22.7. The largest absolute Gasteiger partial charge is 0.494 e. The highest BCUT2D eigenvalue weighted by molar-refractivity contribution is 8.17. The van der Waals surface area contributed by atoms with Gasteiger partial charge < -0.3 is 10.1 Å². The third kappa shape index (κ3) is 6.03. The van der Waals surface area contributed by atoms with Crippen molar-refractivity contribution in [2.45, 2.75) is 19.3 Å². The Labute approximate surface area is 187 Å². The molecule has 3 rings (SSSR count). The molecule has 1 fully saturated rings. The van der Waals surface area contributed by atoms with Crippen molar-refractivity contribution in [1.29, 1.82) is 5.41 Å². The summed E-state index contributed by atoms with van der Waals surface area (Å²) in [4.78, 5) is 20.8. The number of carbonyl (C=O) groups excluding carboxylic acids is 1. The first-order chi connectivity index (χ1) is 14.8. The molecule has 0 unspecified atom stereocenters. The van der Waals surface area contributed by atoms with Gasteiger partial charge in [0, 0.05) is 23.2 Å². The van der Waals surface area contributed by atoms with Crippen LogP contribution in [-0.2, 0) is 0 Å². The van der Waals surface area contributed by atoms with E-state index >= 15 is 0 Å². The van der Waals surface area contributed by atoms with Crippen molar-refractivity contribution in [3.63, 3.8) is 0 Å². The summed E-state index contributed by atoms with van der Waals surface area (Å²) < 4.78 is 31.6. The quantitative estimate of drug-likeness (QED) is 0.280. The smallest absolute Gasteiger partial charge is 0.280 e. The molecule has 10 heteroatoms. The van der Waals surface area contributed by atoms with Crippen LogP contribution in [0.25, 0.3) is 11.1 Å². The van der Waals surface area contributed by atoms with E-state index in [1.165, 1.54) is 19.4 Å². The van der Waals surface area contributed by atoms with Gasteiger partial charge >= 0.3 is 0 Å². The number of amidine groups is 1. The highest BCUT2D eigenvalue weighted by Crippen LogP contribution is 2.35.